The Morgan fingerprint density at radius 1 is 1.21 bits per heavy atom. The van der Waals surface area contributed by atoms with Gasteiger partial charge in [0.05, 0.1) is 4.91 Å². The van der Waals surface area contributed by atoms with Crippen molar-refractivity contribution in [2.75, 3.05) is 13.1 Å². The fraction of sp³-hybridized carbons (Fsp3) is 0.217. The monoisotopic (exact) mass is 494 g/mol. The number of amides is 3. The Balaban J connectivity index is 1.29. The molecule has 2 aromatic heterocycles. The van der Waals surface area contributed by atoms with Gasteiger partial charge < -0.3 is 5.32 Å². The van der Waals surface area contributed by atoms with E-state index in [0.29, 0.717) is 22.0 Å². The number of hydrogen-bond acceptors (Lipinski definition) is 7. The van der Waals surface area contributed by atoms with Gasteiger partial charge in [-0.1, -0.05) is 35.9 Å². The fourth-order valence-electron chi connectivity index (χ4n) is 3.36. The number of aryl methyl sites for hydroxylation is 1. The third-order valence-electron chi connectivity index (χ3n) is 5.14. The average Bonchev–Trinajstić information content (AvgIpc) is 3.32. The summed E-state index contributed by atoms with van der Waals surface area (Å²) in [6.45, 7) is 2.62. The highest BCUT2D eigenvalue weighted by Crippen LogP contribution is 2.31. The molecular weight excluding hydrogens is 472 g/mol. The number of carbonyl (C=O) groups excluding carboxylic acids is 3. The number of aromatic nitrogens is 4. The highest BCUT2D eigenvalue weighted by atomic mass is 32.2. The van der Waals surface area contributed by atoms with Crippen molar-refractivity contribution < 1.29 is 14.4 Å². The van der Waals surface area contributed by atoms with Gasteiger partial charge in [-0.15, -0.1) is 0 Å². The van der Waals surface area contributed by atoms with E-state index in [1.807, 2.05) is 31.2 Å². The molecule has 0 unspecified atom stereocenters. The predicted octanol–water partition coefficient (Wildman–Crippen LogP) is 3.55. The van der Waals surface area contributed by atoms with Crippen molar-refractivity contribution in [1.29, 1.82) is 0 Å². The maximum Gasteiger partial charge on any atom is 0.293 e. The van der Waals surface area contributed by atoms with Crippen LogP contribution in [0.1, 0.15) is 17.5 Å². The van der Waals surface area contributed by atoms with Crippen LogP contribution in [0.4, 0.5) is 4.79 Å². The first-order chi connectivity index (χ1) is 16.4. The largest absolute Gasteiger partial charge is 0.354 e. The maximum absolute atomic E-state index is 12.6. The molecule has 174 valence electrons. The van der Waals surface area contributed by atoms with Crippen molar-refractivity contribution in [2.45, 2.75) is 19.9 Å². The van der Waals surface area contributed by atoms with Crippen molar-refractivity contribution in [3.63, 3.8) is 0 Å². The second kappa shape index (κ2) is 10.6. The highest BCUT2D eigenvalue weighted by Gasteiger charge is 2.34. The lowest BCUT2D eigenvalue weighted by atomic mass is 10.1. The summed E-state index contributed by atoms with van der Waals surface area (Å²) in [5.41, 5.74) is 2.78. The number of nitrogens with one attached hydrogen (secondary N) is 2. The molecule has 4 rings (SSSR count). The summed E-state index contributed by atoms with van der Waals surface area (Å²) in [5.74, 6) is 0.0763. The van der Waals surface area contributed by atoms with Gasteiger partial charge in [-0.3, -0.25) is 33.9 Å². The van der Waals surface area contributed by atoms with Crippen molar-refractivity contribution in [2.24, 2.45) is 0 Å². The zero-order chi connectivity index (χ0) is 24.1. The van der Waals surface area contributed by atoms with Crippen molar-refractivity contribution >= 4 is 47.1 Å². The zero-order valence-corrected chi connectivity index (χ0v) is 20.0. The summed E-state index contributed by atoms with van der Waals surface area (Å²) < 4.78 is 2.21. The number of carbonyl (C=O) groups is 3. The van der Waals surface area contributed by atoms with Crippen molar-refractivity contribution in [1.82, 2.24) is 30.0 Å². The molecule has 0 spiro atoms. The molecular formula is C23H22N6O3S2. The molecule has 1 saturated heterocycles. The lowest BCUT2D eigenvalue weighted by Gasteiger charge is -2.13. The Hall–Kier alpha value is -3.57. The lowest BCUT2D eigenvalue weighted by Crippen LogP contribution is -2.37. The van der Waals surface area contributed by atoms with Crippen LogP contribution in [-0.4, -0.2) is 54.8 Å². The number of pyridine rings is 1. The molecule has 34 heavy (non-hydrogen) atoms. The Bertz CT molecular complexity index is 1300. The van der Waals surface area contributed by atoms with E-state index in [1.165, 1.54) is 0 Å². The van der Waals surface area contributed by atoms with E-state index in [-0.39, 0.29) is 36.6 Å². The number of imide groups is 1. The molecule has 1 aliphatic heterocycles. The average molecular weight is 495 g/mol. The molecule has 0 atom stereocenters. The van der Waals surface area contributed by atoms with Crippen LogP contribution in [0.2, 0.25) is 0 Å². The van der Waals surface area contributed by atoms with E-state index < -0.39 is 0 Å². The summed E-state index contributed by atoms with van der Waals surface area (Å²) in [5, 5.41) is 9.46. The van der Waals surface area contributed by atoms with E-state index >= 15 is 0 Å². The minimum atomic E-state index is -0.374. The minimum absolute atomic E-state index is 0.0978. The second-order valence-electron chi connectivity index (χ2n) is 7.59. The molecule has 11 heteroatoms. The molecule has 3 aromatic rings. The van der Waals surface area contributed by atoms with Crippen molar-refractivity contribution in [3.05, 3.63) is 69.6 Å². The lowest BCUT2D eigenvalue weighted by molar-refractivity contribution is -0.124. The number of H-pyrrole nitrogens is 1. The molecule has 1 aliphatic rings. The Kier molecular flexibility index (Phi) is 7.33. The van der Waals surface area contributed by atoms with E-state index in [1.54, 1.807) is 35.2 Å². The normalized spacial score (nSPS) is 14.7. The highest BCUT2D eigenvalue weighted by molar-refractivity contribution is 8.18. The number of benzene rings is 1. The first kappa shape index (κ1) is 23.6. The van der Waals surface area contributed by atoms with Gasteiger partial charge in [-0.05, 0) is 48.6 Å². The van der Waals surface area contributed by atoms with Crippen molar-refractivity contribution in [3.8, 4) is 11.4 Å². The standard InChI is InChI=1S/C23H22N6O3S2/c1-15-4-6-17(7-5-15)20-26-27-22(33)28(20)11-8-19(30)25-10-12-29-21(31)18(34-23(29)32)13-16-3-2-9-24-14-16/h2-7,9,13-14H,8,10-12H2,1H3,(H,25,30)(H,27,33)/b18-13-. The summed E-state index contributed by atoms with van der Waals surface area (Å²) >= 11 is 6.19. The van der Waals surface area contributed by atoms with Crippen LogP contribution in [0.15, 0.2) is 53.7 Å². The third-order valence-corrected chi connectivity index (χ3v) is 6.36. The number of aromatic amines is 1. The summed E-state index contributed by atoms with van der Waals surface area (Å²) in [6.07, 6.45) is 5.06. The van der Waals surface area contributed by atoms with Crippen LogP contribution in [-0.2, 0) is 16.1 Å². The molecule has 0 saturated carbocycles. The van der Waals surface area contributed by atoms with E-state index in [9.17, 15) is 14.4 Å². The van der Waals surface area contributed by atoms with Gasteiger partial charge in [0.2, 0.25) is 5.91 Å². The van der Waals surface area contributed by atoms with E-state index in [0.717, 1.165) is 33.4 Å². The van der Waals surface area contributed by atoms with Crippen LogP contribution >= 0.6 is 24.0 Å². The van der Waals surface area contributed by atoms with Crippen LogP contribution in [0.5, 0.6) is 0 Å². The fourth-order valence-corrected chi connectivity index (χ4v) is 4.45. The van der Waals surface area contributed by atoms with Gasteiger partial charge in [0, 0.05) is 44.0 Å². The van der Waals surface area contributed by atoms with E-state index in [4.69, 9.17) is 12.2 Å². The smallest absolute Gasteiger partial charge is 0.293 e. The molecule has 9 nitrogen and oxygen atoms in total. The Labute approximate surface area is 205 Å². The first-order valence-corrected chi connectivity index (χ1v) is 11.8. The number of hydrogen-bond donors (Lipinski definition) is 2. The van der Waals surface area contributed by atoms with E-state index in [2.05, 4.69) is 20.5 Å². The molecule has 1 aromatic carbocycles. The van der Waals surface area contributed by atoms with Crippen LogP contribution in [0, 0.1) is 11.7 Å². The molecule has 0 aliphatic carbocycles. The second-order valence-corrected chi connectivity index (χ2v) is 8.97. The van der Waals surface area contributed by atoms with Gasteiger partial charge in [-0.25, -0.2) is 0 Å². The topological polar surface area (TPSA) is 113 Å². The molecule has 0 radical (unpaired) electrons. The van der Waals surface area contributed by atoms with Crippen LogP contribution in [0.3, 0.4) is 0 Å². The summed E-state index contributed by atoms with van der Waals surface area (Å²) in [6, 6.07) is 11.4. The summed E-state index contributed by atoms with van der Waals surface area (Å²) in [4.78, 5) is 42.7. The first-order valence-electron chi connectivity index (χ1n) is 10.6. The van der Waals surface area contributed by atoms with Gasteiger partial charge in [0.25, 0.3) is 11.1 Å². The molecule has 3 heterocycles. The predicted molar refractivity (Wildman–Crippen MR) is 132 cm³/mol. The van der Waals surface area contributed by atoms with Gasteiger partial charge in [-0.2, -0.15) is 5.10 Å². The zero-order valence-electron chi connectivity index (χ0n) is 18.4. The van der Waals surface area contributed by atoms with Gasteiger partial charge in [0.15, 0.2) is 10.6 Å². The molecule has 2 N–H and O–H groups in total. The number of thioether (sulfide) groups is 1. The van der Waals surface area contributed by atoms with Crippen LogP contribution < -0.4 is 5.32 Å². The third kappa shape index (κ3) is 5.49. The molecule has 3 amide bonds. The number of rotatable bonds is 8. The quantitative estimate of drug-likeness (QED) is 0.364. The molecule has 0 bridgehead atoms. The Morgan fingerprint density at radius 2 is 2.00 bits per heavy atom. The number of nitrogens with zero attached hydrogens (tertiary/aromatic N) is 4. The Morgan fingerprint density at radius 3 is 2.74 bits per heavy atom. The van der Waals surface area contributed by atoms with Gasteiger partial charge >= 0.3 is 0 Å². The minimum Gasteiger partial charge on any atom is -0.354 e. The van der Waals surface area contributed by atoms with Gasteiger partial charge in [0.1, 0.15) is 0 Å². The molecule has 1 fully saturated rings. The SMILES string of the molecule is Cc1ccc(-c2n[nH]c(=S)n2CCC(=O)NCCN2C(=O)S/C(=C\c3cccnc3)C2=O)cc1. The maximum atomic E-state index is 12.6. The summed E-state index contributed by atoms with van der Waals surface area (Å²) in [7, 11) is 0. The van der Waals surface area contributed by atoms with Crippen LogP contribution in [0.25, 0.3) is 17.5 Å².